The van der Waals surface area contributed by atoms with E-state index in [4.69, 9.17) is 14.2 Å². The molecule has 5 rings (SSSR count). The first kappa shape index (κ1) is 29.5. The summed E-state index contributed by atoms with van der Waals surface area (Å²) in [5.41, 5.74) is -1.06. The summed E-state index contributed by atoms with van der Waals surface area (Å²) in [6, 6.07) is 10.3. The van der Waals surface area contributed by atoms with Crippen LogP contribution in [0.4, 0.5) is 0 Å². The van der Waals surface area contributed by atoms with Crippen LogP contribution in [0, 0.1) is 6.92 Å². The minimum atomic E-state index is -2.46. The Morgan fingerprint density at radius 2 is 1.74 bits per heavy atom. The number of esters is 2. The fourth-order valence-corrected chi connectivity index (χ4v) is 6.51. The van der Waals surface area contributed by atoms with Gasteiger partial charge in [0.2, 0.25) is 6.10 Å². The van der Waals surface area contributed by atoms with Crippen LogP contribution in [0.5, 0.6) is 11.5 Å². The lowest BCUT2D eigenvalue weighted by atomic mass is 9.54. The van der Waals surface area contributed by atoms with Gasteiger partial charge in [-0.05, 0) is 51.6 Å². The topological polar surface area (TPSA) is 183 Å². The number of hydrogen-bond acceptors (Lipinski definition) is 11. The van der Waals surface area contributed by atoms with Crippen LogP contribution in [0.3, 0.4) is 0 Å². The SMILES string of the molecule is Cc1ccc(O)c2c1[C@]13CCN(C)[C@H](C)[C@]1(O)CC=C(OC(=O)[C@H](O)[C@@H](O)C(=O)OC(C(=O)O)c1ccccc1)[C@@H]3O2. The Morgan fingerprint density at radius 1 is 1.07 bits per heavy atom. The van der Waals surface area contributed by atoms with E-state index in [0.717, 1.165) is 5.56 Å². The number of benzene rings is 2. The number of ether oxygens (including phenoxy) is 3. The molecule has 2 aliphatic heterocycles. The van der Waals surface area contributed by atoms with E-state index in [1.165, 1.54) is 36.4 Å². The first-order valence-electron chi connectivity index (χ1n) is 13.5. The number of aryl methyl sites for hydroxylation is 1. The molecule has 1 fully saturated rings. The standard InChI is InChI=1S/C30H33NO11/c1-15-9-10-18(32)24-20(15)29-13-14-31(3)16(2)30(29,39)12-11-19(25(29)41-24)40-27(37)21(33)22(34)28(38)42-23(26(35)36)17-7-5-4-6-8-17/h4-11,16,21-23,25,32-34,39H,12-14H2,1-3H3,(H,35,36)/t16-,21-,22-,23?,25+,29+,30-/m1/s1. The minimum Gasteiger partial charge on any atom is -0.504 e. The molecule has 42 heavy (non-hydrogen) atoms. The van der Waals surface area contributed by atoms with Crippen molar-refractivity contribution >= 4 is 17.9 Å². The first-order chi connectivity index (χ1) is 19.8. The van der Waals surface area contributed by atoms with Gasteiger partial charge in [-0.3, -0.25) is 0 Å². The fourth-order valence-electron chi connectivity index (χ4n) is 6.51. The van der Waals surface area contributed by atoms with Gasteiger partial charge in [0, 0.05) is 23.6 Å². The van der Waals surface area contributed by atoms with Crippen LogP contribution < -0.4 is 4.74 Å². The second-order valence-corrected chi connectivity index (χ2v) is 11.1. The number of likely N-dealkylation sites (N-methyl/N-ethyl adjacent to an activating group) is 1. The van der Waals surface area contributed by atoms with Gasteiger partial charge in [0.1, 0.15) is 5.76 Å². The molecule has 7 atom stereocenters. The molecule has 2 aromatic rings. The highest BCUT2D eigenvalue weighted by molar-refractivity contribution is 5.87. The molecule has 2 aromatic carbocycles. The Kier molecular flexibility index (Phi) is 7.52. The zero-order valence-electron chi connectivity index (χ0n) is 23.3. The summed E-state index contributed by atoms with van der Waals surface area (Å²) in [6.07, 6.45) is -5.89. The maximum absolute atomic E-state index is 13.0. The Hall–Kier alpha value is -3.97. The van der Waals surface area contributed by atoms with E-state index < -0.39 is 53.3 Å². The van der Waals surface area contributed by atoms with E-state index in [9.17, 15) is 39.9 Å². The number of aliphatic hydroxyl groups excluding tert-OH is 2. The molecule has 0 amide bonds. The third kappa shape index (κ3) is 4.42. The Balaban J connectivity index is 1.40. The van der Waals surface area contributed by atoms with E-state index in [2.05, 4.69) is 0 Å². The van der Waals surface area contributed by atoms with Gasteiger partial charge < -0.3 is 44.6 Å². The van der Waals surface area contributed by atoms with Gasteiger partial charge in [-0.1, -0.05) is 36.4 Å². The number of likely N-dealkylation sites (tertiary alicyclic amines) is 1. The number of carbonyl (C=O) groups excluding carboxylic acids is 2. The van der Waals surface area contributed by atoms with E-state index >= 15 is 0 Å². The molecule has 224 valence electrons. The number of carbonyl (C=O) groups is 3. The average molecular weight is 584 g/mol. The number of carboxylic acids is 1. The summed E-state index contributed by atoms with van der Waals surface area (Å²) in [6.45, 7) is 4.26. The van der Waals surface area contributed by atoms with E-state index in [-0.39, 0.29) is 35.3 Å². The molecule has 1 saturated heterocycles. The molecule has 2 heterocycles. The maximum atomic E-state index is 13.0. The lowest BCUT2D eigenvalue weighted by Gasteiger charge is -2.58. The molecule has 12 nitrogen and oxygen atoms in total. The van der Waals surface area contributed by atoms with Gasteiger partial charge in [-0.2, -0.15) is 0 Å². The zero-order valence-corrected chi connectivity index (χ0v) is 23.3. The maximum Gasteiger partial charge on any atom is 0.349 e. The van der Waals surface area contributed by atoms with Crippen LogP contribution in [0.2, 0.25) is 0 Å². The number of phenolic OH excluding ortho intramolecular Hbond substituents is 1. The van der Waals surface area contributed by atoms with Crippen LogP contribution >= 0.6 is 0 Å². The van der Waals surface area contributed by atoms with Crippen molar-refractivity contribution in [2.45, 2.75) is 68.2 Å². The van der Waals surface area contributed by atoms with Crippen molar-refractivity contribution in [1.82, 2.24) is 4.90 Å². The second-order valence-electron chi connectivity index (χ2n) is 11.1. The number of carboxylic acid groups (broad SMARTS) is 1. The average Bonchev–Trinajstić information content (AvgIpc) is 3.34. The molecule has 1 spiro atoms. The van der Waals surface area contributed by atoms with Crippen molar-refractivity contribution in [2.75, 3.05) is 13.6 Å². The third-order valence-corrected chi connectivity index (χ3v) is 8.89. The largest absolute Gasteiger partial charge is 0.504 e. The van der Waals surface area contributed by atoms with Gasteiger partial charge in [-0.25, -0.2) is 14.4 Å². The van der Waals surface area contributed by atoms with E-state index in [0.29, 0.717) is 18.5 Å². The highest BCUT2D eigenvalue weighted by Crippen LogP contribution is 2.62. The summed E-state index contributed by atoms with van der Waals surface area (Å²) < 4.78 is 16.6. The molecule has 0 radical (unpaired) electrons. The number of aliphatic carboxylic acids is 1. The Morgan fingerprint density at radius 3 is 2.40 bits per heavy atom. The van der Waals surface area contributed by atoms with Crippen LogP contribution in [0.15, 0.2) is 54.3 Å². The quantitative estimate of drug-likeness (QED) is 0.293. The van der Waals surface area contributed by atoms with Gasteiger partial charge in [0.15, 0.2) is 29.8 Å². The molecule has 3 aliphatic rings. The molecule has 0 bridgehead atoms. The molecular weight excluding hydrogens is 550 g/mol. The third-order valence-electron chi connectivity index (χ3n) is 8.89. The van der Waals surface area contributed by atoms with Crippen molar-refractivity contribution in [1.29, 1.82) is 0 Å². The highest BCUT2D eigenvalue weighted by Gasteiger charge is 2.69. The number of aromatic hydroxyl groups is 1. The molecule has 1 unspecified atom stereocenters. The number of aliphatic hydroxyl groups is 3. The number of phenols is 1. The minimum absolute atomic E-state index is 0.0353. The highest BCUT2D eigenvalue weighted by atomic mass is 16.6. The zero-order chi connectivity index (χ0) is 30.6. The normalized spacial score (nSPS) is 28.6. The Bertz CT molecular complexity index is 1440. The van der Waals surface area contributed by atoms with Crippen molar-refractivity contribution in [3.63, 3.8) is 0 Å². The summed E-state index contributed by atoms with van der Waals surface area (Å²) in [7, 11) is 1.89. The Labute approximate surface area is 241 Å². The van der Waals surface area contributed by atoms with Gasteiger partial charge in [-0.15, -0.1) is 0 Å². The molecule has 12 heteroatoms. The van der Waals surface area contributed by atoms with E-state index in [1.807, 2.05) is 25.8 Å². The molecular formula is C30H33NO11. The van der Waals surface area contributed by atoms with Crippen LogP contribution in [0.25, 0.3) is 0 Å². The number of nitrogens with zero attached hydrogens (tertiary/aromatic N) is 1. The first-order valence-corrected chi connectivity index (χ1v) is 13.5. The van der Waals surface area contributed by atoms with Crippen LogP contribution in [0.1, 0.15) is 42.6 Å². The predicted octanol–water partition coefficient (Wildman–Crippen LogP) is 1.08. The summed E-state index contributed by atoms with van der Waals surface area (Å²) in [5.74, 6) is -4.54. The summed E-state index contributed by atoms with van der Waals surface area (Å²) in [5, 5.41) is 53.3. The monoisotopic (exact) mass is 583 g/mol. The van der Waals surface area contributed by atoms with Crippen molar-refractivity contribution in [3.05, 3.63) is 71.0 Å². The van der Waals surface area contributed by atoms with Crippen molar-refractivity contribution < 1.29 is 54.1 Å². The predicted molar refractivity (Wildman–Crippen MR) is 144 cm³/mol. The van der Waals surface area contributed by atoms with Crippen LogP contribution in [-0.2, 0) is 29.3 Å². The van der Waals surface area contributed by atoms with Gasteiger partial charge >= 0.3 is 17.9 Å². The lowest BCUT2D eigenvalue weighted by Crippen LogP contribution is -2.71. The molecule has 1 aliphatic carbocycles. The smallest absolute Gasteiger partial charge is 0.349 e. The van der Waals surface area contributed by atoms with Gasteiger partial charge in [0.25, 0.3) is 0 Å². The number of rotatable bonds is 7. The van der Waals surface area contributed by atoms with Gasteiger partial charge in [0.05, 0.1) is 11.0 Å². The van der Waals surface area contributed by atoms with Crippen molar-refractivity contribution in [3.8, 4) is 11.5 Å². The molecule has 0 aromatic heterocycles. The molecule has 5 N–H and O–H groups in total. The number of hydrogen-bond donors (Lipinski definition) is 5. The fraction of sp³-hybridized carbons (Fsp3) is 0.433. The summed E-state index contributed by atoms with van der Waals surface area (Å²) >= 11 is 0. The lowest BCUT2D eigenvalue weighted by molar-refractivity contribution is -0.182. The van der Waals surface area contributed by atoms with E-state index in [1.54, 1.807) is 12.1 Å². The summed E-state index contributed by atoms with van der Waals surface area (Å²) in [4.78, 5) is 39.3. The van der Waals surface area contributed by atoms with Crippen LogP contribution in [-0.4, -0.2) is 91.9 Å². The molecule has 0 saturated carbocycles. The number of fused-ring (bicyclic) bond motifs is 1. The number of piperidine rings is 1. The second kappa shape index (κ2) is 10.7. The van der Waals surface area contributed by atoms with Crippen molar-refractivity contribution in [2.24, 2.45) is 0 Å².